The highest BCUT2D eigenvalue weighted by Crippen LogP contribution is 2.36. The van der Waals surface area contributed by atoms with E-state index in [1.165, 1.54) is 13.8 Å². The Morgan fingerprint density at radius 1 is 1.57 bits per heavy atom. The van der Waals surface area contributed by atoms with Gasteiger partial charge in [0.05, 0.1) is 5.92 Å². The monoisotopic (exact) mass is 204 g/mol. The lowest BCUT2D eigenvalue weighted by molar-refractivity contribution is -0.149. The molecule has 2 atom stereocenters. The number of alkyl halides is 1. The quantitative estimate of drug-likeness (QED) is 0.763. The summed E-state index contributed by atoms with van der Waals surface area (Å²) < 4.78 is 19.3. The van der Waals surface area contributed by atoms with Crippen molar-refractivity contribution in [3.63, 3.8) is 0 Å². The summed E-state index contributed by atoms with van der Waals surface area (Å²) in [5.41, 5.74) is -1.63. The fraction of sp³-hybridized carbons (Fsp3) is 0.900. The van der Waals surface area contributed by atoms with Gasteiger partial charge < -0.3 is 9.84 Å². The summed E-state index contributed by atoms with van der Waals surface area (Å²) in [6.45, 7) is 3.90. The summed E-state index contributed by atoms with van der Waals surface area (Å²) in [4.78, 5) is 10.7. The molecule has 4 heteroatoms. The number of hydrogen-bond acceptors (Lipinski definition) is 2. The summed E-state index contributed by atoms with van der Waals surface area (Å²) in [6, 6.07) is 0. The van der Waals surface area contributed by atoms with Crippen LogP contribution in [0.2, 0.25) is 0 Å². The van der Waals surface area contributed by atoms with Gasteiger partial charge in [0.25, 0.3) is 0 Å². The third-order valence-electron chi connectivity index (χ3n) is 3.24. The lowest BCUT2D eigenvalue weighted by Gasteiger charge is -2.35. The Kier molecular flexibility index (Phi) is 3.48. The van der Waals surface area contributed by atoms with E-state index in [2.05, 4.69) is 0 Å². The number of hydrogen-bond donors (Lipinski definition) is 1. The van der Waals surface area contributed by atoms with Gasteiger partial charge in [0.1, 0.15) is 5.67 Å². The summed E-state index contributed by atoms with van der Waals surface area (Å²) in [6.07, 6.45) is 1.23. The maximum Gasteiger partial charge on any atom is 0.309 e. The minimum Gasteiger partial charge on any atom is -0.481 e. The van der Waals surface area contributed by atoms with Crippen molar-refractivity contribution in [1.82, 2.24) is 0 Å². The molecule has 0 saturated carbocycles. The molecule has 0 aromatic rings. The number of ether oxygens (including phenoxy) is 1. The molecule has 0 aromatic heterocycles. The van der Waals surface area contributed by atoms with Crippen molar-refractivity contribution in [2.75, 3.05) is 13.2 Å². The standard InChI is InChI=1S/C10H17FO3/c1-7(9(12)13)10(2,11)8-3-5-14-6-4-8/h7-8H,3-6H2,1-2H3,(H,12,13). The van der Waals surface area contributed by atoms with Crippen molar-refractivity contribution in [3.8, 4) is 0 Å². The van der Waals surface area contributed by atoms with Gasteiger partial charge in [0, 0.05) is 13.2 Å². The van der Waals surface area contributed by atoms with Gasteiger partial charge in [-0.3, -0.25) is 4.79 Å². The fourth-order valence-corrected chi connectivity index (χ4v) is 1.86. The van der Waals surface area contributed by atoms with E-state index in [4.69, 9.17) is 9.84 Å². The summed E-state index contributed by atoms with van der Waals surface area (Å²) in [5.74, 6) is -2.21. The molecule has 1 heterocycles. The van der Waals surface area contributed by atoms with Crippen LogP contribution in [0.3, 0.4) is 0 Å². The fourth-order valence-electron chi connectivity index (χ4n) is 1.86. The van der Waals surface area contributed by atoms with Crippen LogP contribution in [-0.4, -0.2) is 30.0 Å². The molecule has 1 aliphatic rings. The molecule has 0 amide bonds. The van der Waals surface area contributed by atoms with Crippen LogP contribution in [0.15, 0.2) is 0 Å². The van der Waals surface area contributed by atoms with Crippen molar-refractivity contribution < 1.29 is 19.0 Å². The molecule has 3 nitrogen and oxygen atoms in total. The van der Waals surface area contributed by atoms with Gasteiger partial charge in [-0.15, -0.1) is 0 Å². The molecule has 0 radical (unpaired) electrons. The molecular formula is C10H17FO3. The zero-order valence-electron chi connectivity index (χ0n) is 8.62. The Bertz CT molecular complexity index is 209. The van der Waals surface area contributed by atoms with Gasteiger partial charge in [-0.05, 0) is 32.6 Å². The maximum absolute atomic E-state index is 14.2. The number of carbonyl (C=O) groups is 1. The van der Waals surface area contributed by atoms with Crippen LogP contribution in [0.25, 0.3) is 0 Å². The number of carboxylic acid groups (broad SMARTS) is 1. The molecule has 14 heavy (non-hydrogen) atoms. The van der Waals surface area contributed by atoms with Crippen LogP contribution in [0.5, 0.6) is 0 Å². The molecule has 2 unspecified atom stereocenters. The Morgan fingerprint density at radius 3 is 2.50 bits per heavy atom. The van der Waals surface area contributed by atoms with Gasteiger partial charge >= 0.3 is 5.97 Å². The molecule has 0 aliphatic carbocycles. The van der Waals surface area contributed by atoms with Crippen LogP contribution >= 0.6 is 0 Å². The zero-order chi connectivity index (χ0) is 10.8. The van der Waals surface area contributed by atoms with Crippen LogP contribution in [0, 0.1) is 11.8 Å². The van der Waals surface area contributed by atoms with E-state index in [1.807, 2.05) is 0 Å². The largest absolute Gasteiger partial charge is 0.481 e. The predicted molar refractivity (Wildman–Crippen MR) is 49.9 cm³/mol. The number of halogens is 1. The second-order valence-electron chi connectivity index (χ2n) is 4.10. The van der Waals surface area contributed by atoms with E-state index in [0.717, 1.165) is 0 Å². The second kappa shape index (κ2) is 4.26. The molecule has 82 valence electrons. The van der Waals surface area contributed by atoms with Crippen molar-refractivity contribution in [1.29, 1.82) is 0 Å². The Hall–Kier alpha value is -0.640. The van der Waals surface area contributed by atoms with Crippen LogP contribution < -0.4 is 0 Å². The van der Waals surface area contributed by atoms with Gasteiger partial charge in [-0.1, -0.05) is 0 Å². The summed E-state index contributed by atoms with van der Waals surface area (Å²) >= 11 is 0. The number of aliphatic carboxylic acids is 1. The maximum atomic E-state index is 14.2. The van der Waals surface area contributed by atoms with E-state index in [1.54, 1.807) is 0 Å². The summed E-state index contributed by atoms with van der Waals surface area (Å²) in [5, 5.41) is 8.78. The minimum absolute atomic E-state index is 0.192. The highest BCUT2D eigenvalue weighted by molar-refractivity contribution is 5.71. The molecule has 1 fully saturated rings. The summed E-state index contributed by atoms with van der Waals surface area (Å²) in [7, 11) is 0. The number of rotatable bonds is 3. The predicted octanol–water partition coefficient (Wildman–Crippen LogP) is 1.86. The lowest BCUT2D eigenvalue weighted by Crippen LogP contribution is -2.43. The first-order valence-corrected chi connectivity index (χ1v) is 4.95. The SMILES string of the molecule is CC(C(=O)O)C(C)(F)C1CCOCC1. The third kappa shape index (κ3) is 2.23. The average molecular weight is 204 g/mol. The highest BCUT2D eigenvalue weighted by atomic mass is 19.1. The van der Waals surface area contributed by atoms with E-state index in [0.29, 0.717) is 26.1 Å². The molecule has 0 aromatic carbocycles. The highest BCUT2D eigenvalue weighted by Gasteiger charge is 2.43. The molecular weight excluding hydrogens is 187 g/mol. The smallest absolute Gasteiger partial charge is 0.309 e. The van der Waals surface area contributed by atoms with Gasteiger partial charge in [0.2, 0.25) is 0 Å². The van der Waals surface area contributed by atoms with E-state index in [9.17, 15) is 9.18 Å². The molecule has 0 bridgehead atoms. The van der Waals surface area contributed by atoms with Gasteiger partial charge in [-0.2, -0.15) is 0 Å². The van der Waals surface area contributed by atoms with E-state index in [-0.39, 0.29) is 5.92 Å². The van der Waals surface area contributed by atoms with Crippen molar-refractivity contribution in [2.45, 2.75) is 32.4 Å². The Labute approximate surface area is 83.3 Å². The topological polar surface area (TPSA) is 46.5 Å². The molecule has 1 rings (SSSR count). The zero-order valence-corrected chi connectivity index (χ0v) is 8.62. The third-order valence-corrected chi connectivity index (χ3v) is 3.24. The molecule has 1 N–H and O–H groups in total. The first kappa shape index (κ1) is 11.4. The van der Waals surface area contributed by atoms with E-state index < -0.39 is 17.6 Å². The van der Waals surface area contributed by atoms with Crippen LogP contribution in [-0.2, 0) is 9.53 Å². The molecule has 1 saturated heterocycles. The second-order valence-corrected chi connectivity index (χ2v) is 4.10. The van der Waals surface area contributed by atoms with Crippen molar-refractivity contribution in [2.24, 2.45) is 11.8 Å². The number of carboxylic acids is 1. The first-order chi connectivity index (χ1) is 6.46. The molecule has 0 spiro atoms. The van der Waals surface area contributed by atoms with Gasteiger partial charge in [-0.25, -0.2) is 4.39 Å². The van der Waals surface area contributed by atoms with E-state index >= 15 is 0 Å². The van der Waals surface area contributed by atoms with Crippen LogP contribution in [0.1, 0.15) is 26.7 Å². The lowest BCUT2D eigenvalue weighted by atomic mass is 9.77. The van der Waals surface area contributed by atoms with Gasteiger partial charge in [0.15, 0.2) is 0 Å². The first-order valence-electron chi connectivity index (χ1n) is 4.95. The Balaban J connectivity index is 2.66. The molecule has 1 aliphatic heterocycles. The van der Waals surface area contributed by atoms with Crippen molar-refractivity contribution in [3.05, 3.63) is 0 Å². The average Bonchev–Trinajstić information content (AvgIpc) is 2.18. The minimum atomic E-state index is -1.63. The normalized spacial score (nSPS) is 25.4. The Morgan fingerprint density at radius 2 is 2.07 bits per heavy atom. The van der Waals surface area contributed by atoms with Crippen LogP contribution in [0.4, 0.5) is 4.39 Å². The van der Waals surface area contributed by atoms with Crippen molar-refractivity contribution >= 4 is 5.97 Å².